The lowest BCUT2D eigenvalue weighted by Crippen LogP contribution is -2.24. The van der Waals surface area contributed by atoms with Gasteiger partial charge in [0.05, 0.1) is 5.75 Å². The molecule has 0 saturated carbocycles. The summed E-state index contributed by atoms with van der Waals surface area (Å²) < 4.78 is 23.6. The largest absolute Gasteiger partial charge is 0.300 e. The van der Waals surface area contributed by atoms with Crippen molar-refractivity contribution >= 4 is 48.7 Å². The van der Waals surface area contributed by atoms with Crippen molar-refractivity contribution in [1.29, 1.82) is 0 Å². The first-order valence-electron chi connectivity index (χ1n) is 4.58. The molecule has 3 nitrogen and oxygen atoms in total. The standard InChI is InChI=1S/C9H13BrClNO2S2/c1-12(3-4-16(2,13)14)6-7-5-8(10)9(11)15-7/h5H,3-4,6H2,1-2H3. The molecule has 0 aromatic carbocycles. The second kappa shape index (κ2) is 5.82. The fraction of sp³-hybridized carbons (Fsp3) is 0.556. The zero-order valence-electron chi connectivity index (χ0n) is 9.03. The van der Waals surface area contributed by atoms with Crippen molar-refractivity contribution in [2.45, 2.75) is 6.54 Å². The molecule has 1 rings (SSSR count). The molecule has 0 spiro atoms. The third-order valence-corrected chi connectivity index (χ3v) is 5.35. The van der Waals surface area contributed by atoms with Crippen LogP contribution in [0, 0.1) is 0 Å². The van der Waals surface area contributed by atoms with E-state index in [1.54, 1.807) is 0 Å². The van der Waals surface area contributed by atoms with Gasteiger partial charge in [-0.15, -0.1) is 11.3 Å². The molecule has 0 bridgehead atoms. The van der Waals surface area contributed by atoms with E-state index >= 15 is 0 Å². The van der Waals surface area contributed by atoms with Crippen molar-refractivity contribution in [3.63, 3.8) is 0 Å². The van der Waals surface area contributed by atoms with Crippen LogP contribution in [0.2, 0.25) is 4.34 Å². The molecule has 0 N–H and O–H groups in total. The van der Waals surface area contributed by atoms with Crippen molar-refractivity contribution in [3.8, 4) is 0 Å². The summed E-state index contributed by atoms with van der Waals surface area (Å²) in [5.41, 5.74) is 0. The maximum atomic E-state index is 11.0. The molecule has 0 aliphatic heterocycles. The highest BCUT2D eigenvalue weighted by Gasteiger charge is 2.09. The van der Waals surface area contributed by atoms with Crippen LogP contribution in [-0.2, 0) is 16.4 Å². The van der Waals surface area contributed by atoms with Crippen molar-refractivity contribution in [2.24, 2.45) is 0 Å². The van der Waals surface area contributed by atoms with Gasteiger partial charge in [-0.25, -0.2) is 8.42 Å². The Morgan fingerprint density at radius 2 is 2.19 bits per heavy atom. The van der Waals surface area contributed by atoms with E-state index < -0.39 is 9.84 Å². The van der Waals surface area contributed by atoms with E-state index in [9.17, 15) is 8.42 Å². The molecule has 16 heavy (non-hydrogen) atoms. The van der Waals surface area contributed by atoms with E-state index in [2.05, 4.69) is 15.9 Å². The minimum absolute atomic E-state index is 0.184. The van der Waals surface area contributed by atoms with Gasteiger partial charge in [0.1, 0.15) is 14.2 Å². The number of rotatable bonds is 5. The number of halogens is 2. The maximum absolute atomic E-state index is 11.0. The summed E-state index contributed by atoms with van der Waals surface area (Å²) >= 11 is 10.8. The van der Waals surface area contributed by atoms with Crippen LogP contribution < -0.4 is 0 Å². The van der Waals surface area contributed by atoms with Crippen molar-refractivity contribution in [1.82, 2.24) is 4.90 Å². The van der Waals surface area contributed by atoms with Gasteiger partial charge in [-0.05, 0) is 29.0 Å². The molecule has 0 atom stereocenters. The van der Waals surface area contributed by atoms with Crippen LogP contribution in [-0.4, -0.2) is 38.9 Å². The van der Waals surface area contributed by atoms with Crippen LogP contribution in [0.4, 0.5) is 0 Å². The third kappa shape index (κ3) is 5.14. The van der Waals surface area contributed by atoms with Gasteiger partial charge in [-0.1, -0.05) is 11.6 Å². The van der Waals surface area contributed by atoms with Crippen LogP contribution >= 0.6 is 38.9 Å². The van der Waals surface area contributed by atoms with Crippen LogP contribution in [0.1, 0.15) is 4.88 Å². The van der Waals surface area contributed by atoms with Gasteiger partial charge in [-0.3, -0.25) is 0 Å². The van der Waals surface area contributed by atoms with Gasteiger partial charge in [0, 0.05) is 28.7 Å². The van der Waals surface area contributed by atoms with Gasteiger partial charge in [0.15, 0.2) is 0 Å². The Labute approximate surface area is 113 Å². The molecule has 0 fully saturated rings. The number of hydrogen-bond donors (Lipinski definition) is 0. The Kier molecular flexibility index (Phi) is 5.25. The Bertz CT molecular complexity index is 439. The van der Waals surface area contributed by atoms with E-state index in [-0.39, 0.29) is 5.75 Å². The topological polar surface area (TPSA) is 37.4 Å². The van der Waals surface area contributed by atoms with E-state index in [0.717, 1.165) is 13.7 Å². The smallest absolute Gasteiger partial charge is 0.148 e. The van der Waals surface area contributed by atoms with Crippen LogP contribution in [0.5, 0.6) is 0 Å². The molecular formula is C9H13BrClNO2S2. The van der Waals surface area contributed by atoms with Gasteiger partial charge in [0.25, 0.3) is 0 Å². The van der Waals surface area contributed by atoms with Crippen molar-refractivity contribution in [3.05, 3.63) is 19.8 Å². The third-order valence-electron chi connectivity index (χ3n) is 1.97. The van der Waals surface area contributed by atoms with Crippen LogP contribution in [0.15, 0.2) is 10.5 Å². The molecule has 0 amide bonds. The Morgan fingerprint density at radius 1 is 1.56 bits per heavy atom. The van der Waals surface area contributed by atoms with Crippen LogP contribution in [0.3, 0.4) is 0 Å². The highest BCUT2D eigenvalue weighted by atomic mass is 79.9. The molecule has 7 heteroatoms. The predicted molar refractivity (Wildman–Crippen MR) is 73.1 cm³/mol. The second-order valence-corrected chi connectivity index (χ2v) is 8.55. The second-order valence-electron chi connectivity index (χ2n) is 3.70. The summed E-state index contributed by atoms with van der Waals surface area (Å²) in [6.45, 7) is 1.25. The predicted octanol–water partition coefficient (Wildman–Crippen LogP) is 2.64. The zero-order chi connectivity index (χ0) is 12.3. The first-order valence-corrected chi connectivity index (χ1v) is 8.63. The molecule has 1 heterocycles. The fourth-order valence-electron chi connectivity index (χ4n) is 1.14. The number of sulfone groups is 1. The quantitative estimate of drug-likeness (QED) is 0.822. The SMILES string of the molecule is CN(CCS(C)(=O)=O)Cc1cc(Br)c(Cl)s1. The van der Waals surface area contributed by atoms with E-state index in [0.29, 0.717) is 13.1 Å². The van der Waals surface area contributed by atoms with Crippen LogP contribution in [0.25, 0.3) is 0 Å². The van der Waals surface area contributed by atoms with Crippen molar-refractivity contribution in [2.75, 3.05) is 25.6 Å². The number of thiophene rings is 1. The van der Waals surface area contributed by atoms with Crippen molar-refractivity contribution < 1.29 is 8.42 Å². The maximum Gasteiger partial charge on any atom is 0.148 e. The van der Waals surface area contributed by atoms with Gasteiger partial charge in [0.2, 0.25) is 0 Å². The lowest BCUT2D eigenvalue weighted by atomic mass is 10.4. The fourth-order valence-corrected chi connectivity index (χ4v) is 3.65. The minimum atomic E-state index is -2.89. The molecule has 1 aromatic rings. The average molecular weight is 347 g/mol. The monoisotopic (exact) mass is 345 g/mol. The highest BCUT2D eigenvalue weighted by molar-refractivity contribution is 9.10. The molecule has 0 aliphatic rings. The minimum Gasteiger partial charge on any atom is -0.300 e. The molecule has 92 valence electrons. The van der Waals surface area contributed by atoms with Gasteiger partial charge >= 0.3 is 0 Å². The Hall–Kier alpha value is 0.380. The van der Waals surface area contributed by atoms with E-state index in [1.807, 2.05) is 18.0 Å². The lowest BCUT2D eigenvalue weighted by molar-refractivity contribution is 0.349. The molecule has 0 aliphatic carbocycles. The summed E-state index contributed by atoms with van der Waals surface area (Å²) in [5, 5.41) is 0. The molecule has 0 unspecified atom stereocenters. The summed E-state index contributed by atoms with van der Waals surface area (Å²) in [6, 6.07) is 1.96. The summed E-state index contributed by atoms with van der Waals surface area (Å²) in [6.07, 6.45) is 1.25. The van der Waals surface area contributed by atoms with Gasteiger partial charge in [-0.2, -0.15) is 0 Å². The van der Waals surface area contributed by atoms with Gasteiger partial charge < -0.3 is 4.90 Å². The summed E-state index contributed by atoms with van der Waals surface area (Å²) in [7, 11) is -0.992. The molecular weight excluding hydrogens is 334 g/mol. The Morgan fingerprint density at radius 3 is 2.62 bits per heavy atom. The zero-order valence-corrected chi connectivity index (χ0v) is 13.0. The average Bonchev–Trinajstić information content (AvgIpc) is 2.41. The Balaban J connectivity index is 2.48. The molecule has 1 aromatic heterocycles. The summed E-state index contributed by atoms with van der Waals surface area (Å²) in [4.78, 5) is 3.09. The highest BCUT2D eigenvalue weighted by Crippen LogP contribution is 2.32. The first-order chi connectivity index (χ1) is 7.28. The molecule has 0 radical (unpaired) electrons. The number of hydrogen-bond acceptors (Lipinski definition) is 4. The lowest BCUT2D eigenvalue weighted by Gasteiger charge is -2.14. The molecule has 0 saturated heterocycles. The van der Waals surface area contributed by atoms with E-state index in [1.165, 1.54) is 17.6 Å². The first kappa shape index (κ1) is 14.4. The number of nitrogens with zero attached hydrogens (tertiary/aromatic N) is 1. The van der Waals surface area contributed by atoms with E-state index in [4.69, 9.17) is 11.6 Å². The normalized spacial score (nSPS) is 12.3. The summed E-state index contributed by atoms with van der Waals surface area (Å²) in [5.74, 6) is 0.184.